The highest BCUT2D eigenvalue weighted by Gasteiger charge is 2.22. The van der Waals surface area contributed by atoms with E-state index >= 15 is 0 Å². The molecule has 0 saturated carbocycles. The number of hydrogen-bond acceptors (Lipinski definition) is 8. The van der Waals surface area contributed by atoms with Gasteiger partial charge in [-0.3, -0.25) is 14.2 Å². The molecule has 0 aliphatic heterocycles. The van der Waals surface area contributed by atoms with Gasteiger partial charge in [0.1, 0.15) is 19.8 Å². The minimum Gasteiger partial charge on any atom is -0.756 e. The molecule has 0 amide bonds. The summed E-state index contributed by atoms with van der Waals surface area (Å²) in [7, 11) is 1.20. The predicted octanol–water partition coefficient (Wildman–Crippen LogP) is 21.1. The molecule has 0 N–H and O–H groups in total. The molecular formula is C67H134NO8P. The molecule has 0 fully saturated rings. The maximum absolute atomic E-state index is 12.8. The molecule has 0 radical (unpaired) electrons. The summed E-state index contributed by atoms with van der Waals surface area (Å²) in [5.41, 5.74) is 0. The van der Waals surface area contributed by atoms with Crippen LogP contribution in [0, 0.1) is 0 Å². The second-order valence-corrected chi connectivity index (χ2v) is 26.3. The van der Waals surface area contributed by atoms with Gasteiger partial charge in [0.25, 0.3) is 7.82 Å². The van der Waals surface area contributed by atoms with Crippen LogP contribution in [0.5, 0.6) is 0 Å². The molecule has 0 aromatic heterocycles. The van der Waals surface area contributed by atoms with Gasteiger partial charge in [-0.05, 0) is 12.8 Å². The minimum atomic E-state index is -4.63. The number of rotatable bonds is 65. The maximum Gasteiger partial charge on any atom is 0.306 e. The summed E-state index contributed by atoms with van der Waals surface area (Å²) >= 11 is 0. The first kappa shape index (κ1) is 76.0. The lowest BCUT2D eigenvalue weighted by Crippen LogP contribution is -2.37. The number of phosphoric ester groups is 1. The first-order valence-electron chi connectivity index (χ1n) is 34.2. The summed E-state index contributed by atoms with van der Waals surface area (Å²) in [6.45, 7) is 4.33. The number of unbranched alkanes of at least 4 members (excludes halogenated alkanes) is 51. The number of carbonyl (C=O) groups is 2. The fourth-order valence-electron chi connectivity index (χ4n) is 10.6. The molecule has 0 aliphatic rings. The van der Waals surface area contributed by atoms with Crippen LogP contribution < -0.4 is 4.89 Å². The number of hydrogen-bond donors (Lipinski definition) is 0. The van der Waals surface area contributed by atoms with Gasteiger partial charge in [0.15, 0.2) is 6.10 Å². The Hall–Kier alpha value is -0.990. The molecule has 0 rings (SSSR count). The van der Waals surface area contributed by atoms with Crippen LogP contribution >= 0.6 is 7.82 Å². The van der Waals surface area contributed by atoms with Gasteiger partial charge in [0, 0.05) is 12.8 Å². The quantitative estimate of drug-likeness (QED) is 0.0256. The summed E-state index contributed by atoms with van der Waals surface area (Å²) in [6.07, 6.45) is 70.4. The highest BCUT2D eigenvalue weighted by atomic mass is 31.2. The molecule has 0 aliphatic carbocycles. The van der Waals surface area contributed by atoms with Crippen molar-refractivity contribution in [1.29, 1.82) is 0 Å². The summed E-state index contributed by atoms with van der Waals surface area (Å²) < 4.78 is 34.3. The lowest BCUT2D eigenvalue weighted by atomic mass is 10.0. The van der Waals surface area contributed by atoms with E-state index in [9.17, 15) is 19.0 Å². The number of likely N-dealkylation sites (N-methyl/N-ethyl adjacent to an activating group) is 1. The van der Waals surface area contributed by atoms with Gasteiger partial charge in [-0.15, -0.1) is 0 Å². The third-order valence-corrected chi connectivity index (χ3v) is 16.8. The van der Waals surface area contributed by atoms with Crippen LogP contribution in [0.2, 0.25) is 0 Å². The zero-order chi connectivity index (χ0) is 56.3. The largest absolute Gasteiger partial charge is 0.756 e. The molecule has 2 unspecified atom stereocenters. The molecule has 460 valence electrons. The van der Waals surface area contributed by atoms with Crippen LogP contribution in [0.3, 0.4) is 0 Å². The van der Waals surface area contributed by atoms with Gasteiger partial charge in [0.2, 0.25) is 0 Å². The van der Waals surface area contributed by atoms with E-state index in [0.717, 1.165) is 32.1 Å². The van der Waals surface area contributed by atoms with E-state index in [4.69, 9.17) is 18.5 Å². The van der Waals surface area contributed by atoms with Crippen molar-refractivity contribution in [1.82, 2.24) is 0 Å². The highest BCUT2D eigenvalue weighted by Crippen LogP contribution is 2.38. The van der Waals surface area contributed by atoms with Crippen LogP contribution in [-0.4, -0.2) is 70.0 Å². The van der Waals surface area contributed by atoms with E-state index in [-0.39, 0.29) is 32.0 Å². The van der Waals surface area contributed by atoms with Crippen molar-refractivity contribution in [2.24, 2.45) is 0 Å². The Kier molecular flexibility index (Phi) is 58.9. The van der Waals surface area contributed by atoms with E-state index in [2.05, 4.69) is 13.8 Å². The molecule has 10 heteroatoms. The molecule has 0 bridgehead atoms. The summed E-state index contributed by atoms with van der Waals surface area (Å²) in [4.78, 5) is 38.0. The summed E-state index contributed by atoms with van der Waals surface area (Å²) in [5.74, 6) is -0.804. The van der Waals surface area contributed by atoms with Crippen LogP contribution in [0.1, 0.15) is 367 Å². The average Bonchev–Trinajstić information content (AvgIpc) is 3.39. The Balaban J connectivity index is 3.98. The molecule has 0 heterocycles. The summed E-state index contributed by atoms with van der Waals surface area (Å²) in [6, 6.07) is 0. The minimum absolute atomic E-state index is 0.0248. The van der Waals surface area contributed by atoms with Gasteiger partial charge in [0.05, 0.1) is 27.7 Å². The molecule has 0 saturated heterocycles. The normalized spacial score (nSPS) is 13.1. The number of ether oxygens (including phenoxy) is 2. The van der Waals surface area contributed by atoms with Crippen LogP contribution in [0.15, 0.2) is 0 Å². The average molecular weight is 1110 g/mol. The Morgan fingerprint density at radius 1 is 0.351 bits per heavy atom. The monoisotopic (exact) mass is 1110 g/mol. The second-order valence-electron chi connectivity index (χ2n) is 24.9. The molecule has 77 heavy (non-hydrogen) atoms. The number of carbonyl (C=O) groups excluding carboxylic acids is 2. The van der Waals surface area contributed by atoms with Crippen molar-refractivity contribution >= 4 is 19.8 Å². The van der Waals surface area contributed by atoms with Crippen molar-refractivity contribution in [3.8, 4) is 0 Å². The van der Waals surface area contributed by atoms with Crippen molar-refractivity contribution in [2.75, 3.05) is 47.5 Å². The number of nitrogens with zero attached hydrogens (tertiary/aromatic N) is 1. The molecule has 0 aromatic rings. The SMILES string of the molecule is CCCCCCCCCCCCCCCCCCCCCCCCCCCCCCCCC(=O)OC(COC(=O)CCCCCCCCCCCCCCCCCCCCCCCCC)COP(=O)([O-])OCC[N+](C)(C)C. The van der Waals surface area contributed by atoms with E-state index in [0.29, 0.717) is 17.4 Å². The van der Waals surface area contributed by atoms with Gasteiger partial charge < -0.3 is 27.9 Å². The zero-order valence-corrected chi connectivity index (χ0v) is 53.4. The standard InChI is InChI=1S/C67H134NO8P/c1-6-8-10-12-14-16-18-20-22-24-26-28-30-31-32-33-34-35-36-38-40-42-44-46-48-50-52-54-56-58-60-67(70)76-65(64-75-77(71,72)74-62-61-68(3,4)5)63-73-66(69)59-57-55-53-51-49-47-45-43-41-39-37-29-27-25-23-21-19-17-15-13-11-9-7-2/h65H,6-64H2,1-5H3. The van der Waals surface area contributed by atoms with Gasteiger partial charge in [-0.1, -0.05) is 341 Å². The van der Waals surface area contributed by atoms with Crippen LogP contribution in [-0.2, 0) is 32.7 Å². The molecular weight excluding hydrogens is 978 g/mol. The molecule has 0 spiro atoms. The molecule has 9 nitrogen and oxygen atoms in total. The fourth-order valence-corrected chi connectivity index (χ4v) is 11.3. The first-order chi connectivity index (χ1) is 37.5. The van der Waals surface area contributed by atoms with E-state index in [1.54, 1.807) is 0 Å². The molecule has 0 aromatic carbocycles. The zero-order valence-electron chi connectivity index (χ0n) is 52.5. The van der Waals surface area contributed by atoms with Gasteiger partial charge >= 0.3 is 11.9 Å². The van der Waals surface area contributed by atoms with E-state index in [1.165, 1.54) is 302 Å². The molecule has 2 atom stereocenters. The van der Waals surface area contributed by atoms with Crippen molar-refractivity contribution in [3.63, 3.8) is 0 Å². The van der Waals surface area contributed by atoms with Crippen molar-refractivity contribution in [2.45, 2.75) is 373 Å². The lowest BCUT2D eigenvalue weighted by molar-refractivity contribution is -0.870. The van der Waals surface area contributed by atoms with Crippen LogP contribution in [0.4, 0.5) is 0 Å². The van der Waals surface area contributed by atoms with E-state index in [1.807, 2.05) is 21.1 Å². The number of phosphoric acid groups is 1. The smallest absolute Gasteiger partial charge is 0.306 e. The van der Waals surface area contributed by atoms with Crippen LogP contribution in [0.25, 0.3) is 0 Å². The topological polar surface area (TPSA) is 111 Å². The number of quaternary nitrogens is 1. The van der Waals surface area contributed by atoms with Crippen molar-refractivity contribution < 1.29 is 42.1 Å². The summed E-state index contributed by atoms with van der Waals surface area (Å²) in [5, 5.41) is 0. The predicted molar refractivity (Wildman–Crippen MR) is 329 cm³/mol. The maximum atomic E-state index is 12.8. The van der Waals surface area contributed by atoms with Gasteiger partial charge in [-0.25, -0.2) is 0 Å². The second kappa shape index (κ2) is 59.6. The fraction of sp³-hybridized carbons (Fsp3) is 0.970. The Morgan fingerprint density at radius 3 is 0.831 bits per heavy atom. The Bertz CT molecular complexity index is 1260. The van der Waals surface area contributed by atoms with Gasteiger partial charge in [-0.2, -0.15) is 0 Å². The number of esters is 2. The third-order valence-electron chi connectivity index (χ3n) is 15.9. The Labute approximate surface area is 480 Å². The highest BCUT2D eigenvalue weighted by molar-refractivity contribution is 7.45. The lowest BCUT2D eigenvalue weighted by Gasteiger charge is -2.28. The van der Waals surface area contributed by atoms with Crippen molar-refractivity contribution in [3.05, 3.63) is 0 Å². The van der Waals surface area contributed by atoms with E-state index < -0.39 is 26.5 Å². The third kappa shape index (κ3) is 64.1. The Morgan fingerprint density at radius 2 is 0.584 bits per heavy atom. The first-order valence-corrected chi connectivity index (χ1v) is 35.7.